The Bertz CT molecular complexity index is 1430. The zero-order valence-corrected chi connectivity index (χ0v) is 21.9. The molecule has 0 saturated carbocycles. The highest BCUT2D eigenvalue weighted by Gasteiger charge is 2.22. The summed E-state index contributed by atoms with van der Waals surface area (Å²) in [4.78, 5) is 44.8. The van der Waals surface area contributed by atoms with Crippen LogP contribution in [-0.2, 0) is 17.6 Å². The Hall–Kier alpha value is -3.50. The van der Waals surface area contributed by atoms with Gasteiger partial charge in [0.25, 0.3) is 0 Å². The highest BCUT2D eigenvalue weighted by molar-refractivity contribution is 7.17. The van der Waals surface area contributed by atoms with E-state index in [4.69, 9.17) is 4.74 Å². The maximum atomic E-state index is 13.0. The van der Waals surface area contributed by atoms with Crippen LogP contribution in [0.5, 0.6) is 5.75 Å². The van der Waals surface area contributed by atoms with E-state index in [9.17, 15) is 19.5 Å². The molecule has 8 nitrogen and oxygen atoms in total. The van der Waals surface area contributed by atoms with E-state index in [0.717, 1.165) is 39.2 Å². The van der Waals surface area contributed by atoms with Gasteiger partial charge < -0.3 is 19.7 Å². The molecule has 0 aliphatic carbocycles. The molecule has 2 aromatic heterocycles. The molecule has 0 atom stereocenters. The molecule has 0 fully saturated rings. The third kappa shape index (κ3) is 6.19. The first-order valence-corrected chi connectivity index (χ1v) is 13.1. The summed E-state index contributed by atoms with van der Waals surface area (Å²) in [6.07, 6.45) is 3.17. The molecule has 36 heavy (non-hydrogen) atoms. The van der Waals surface area contributed by atoms with E-state index in [1.807, 2.05) is 45.0 Å². The second-order valence-electron chi connectivity index (χ2n) is 9.31. The molecule has 4 rings (SSSR count). The third-order valence-electron chi connectivity index (χ3n) is 5.48. The number of nitrogens with one attached hydrogen (secondary N) is 1. The molecule has 2 N–H and O–H groups in total. The van der Waals surface area contributed by atoms with Gasteiger partial charge in [0.05, 0.1) is 9.58 Å². The number of aromatic nitrogens is 2. The maximum absolute atomic E-state index is 13.0. The second kappa shape index (κ2) is 10.6. The number of rotatable bonds is 8. The molecule has 2 aromatic carbocycles. The Morgan fingerprint density at radius 2 is 1.83 bits per heavy atom. The molecule has 0 aliphatic rings. The number of hydrogen-bond acceptors (Lipinski definition) is 8. The summed E-state index contributed by atoms with van der Waals surface area (Å²) >= 11 is 2.39. The lowest BCUT2D eigenvalue weighted by atomic mass is 10.1. The number of H-pyrrole nitrogens is 1. The number of aromatic amines is 1. The predicted molar refractivity (Wildman–Crippen MR) is 142 cm³/mol. The molecule has 10 heteroatoms. The van der Waals surface area contributed by atoms with E-state index in [1.165, 1.54) is 11.3 Å². The van der Waals surface area contributed by atoms with E-state index in [-0.39, 0.29) is 10.6 Å². The molecule has 2 heterocycles. The van der Waals surface area contributed by atoms with Crippen molar-refractivity contribution in [1.29, 1.82) is 0 Å². The first-order valence-electron chi connectivity index (χ1n) is 11.4. The monoisotopic (exact) mass is 525 g/mol. The summed E-state index contributed by atoms with van der Waals surface area (Å²) in [7, 11) is 0. The van der Waals surface area contributed by atoms with Gasteiger partial charge in [-0.05, 0) is 56.4 Å². The lowest BCUT2D eigenvalue weighted by Crippen LogP contribution is -2.39. The third-order valence-corrected chi connectivity index (χ3v) is 7.40. The number of benzene rings is 2. The molecule has 1 amide bonds. The summed E-state index contributed by atoms with van der Waals surface area (Å²) in [5, 5.41) is 10.5. The molecule has 0 aliphatic heterocycles. The van der Waals surface area contributed by atoms with Gasteiger partial charge in [0.2, 0.25) is 0 Å². The number of hydrogen-bond donors (Lipinski definition) is 2. The molecule has 4 aromatic rings. The normalized spacial score (nSPS) is 11.5. The molecule has 188 valence electrons. The summed E-state index contributed by atoms with van der Waals surface area (Å²) in [6, 6.07) is 11.3. The minimum Gasteiger partial charge on any atom is -0.506 e. The van der Waals surface area contributed by atoms with Crippen LogP contribution in [-0.4, -0.2) is 51.0 Å². The number of thiazole rings is 2. The molecule has 0 saturated heterocycles. The van der Waals surface area contributed by atoms with Crippen LogP contribution in [0.3, 0.4) is 0 Å². The first-order chi connectivity index (χ1) is 17.1. The van der Waals surface area contributed by atoms with Gasteiger partial charge in [0, 0.05) is 19.3 Å². The quantitative estimate of drug-likeness (QED) is 0.304. The van der Waals surface area contributed by atoms with E-state index in [2.05, 4.69) is 9.97 Å². The lowest BCUT2D eigenvalue weighted by Gasteiger charge is -2.27. The number of phenols is 1. The zero-order chi connectivity index (χ0) is 25.9. The number of carbonyl (C=O) groups excluding carboxylic acids is 2. The van der Waals surface area contributed by atoms with Crippen molar-refractivity contribution in [3.8, 4) is 16.2 Å². The SMILES string of the molecule is CC(C)(C)OC(=O)N(CCc1ccc(-c2cnc(C=O)s2)cc1)CCc1ccc(O)c2[nH]c(=O)sc12. The second-order valence-corrected chi connectivity index (χ2v) is 11.4. The topological polar surface area (TPSA) is 113 Å². The minimum absolute atomic E-state index is 0.0280. The summed E-state index contributed by atoms with van der Waals surface area (Å²) in [5.74, 6) is 0.0280. The van der Waals surface area contributed by atoms with E-state index >= 15 is 0 Å². The highest BCUT2D eigenvalue weighted by Crippen LogP contribution is 2.29. The Balaban J connectivity index is 1.47. The fourth-order valence-electron chi connectivity index (χ4n) is 3.72. The lowest BCUT2D eigenvalue weighted by molar-refractivity contribution is 0.0254. The Labute approximate surface area is 216 Å². The van der Waals surface area contributed by atoms with Gasteiger partial charge in [-0.2, -0.15) is 0 Å². The van der Waals surface area contributed by atoms with Crippen LogP contribution in [0.15, 0.2) is 47.4 Å². The van der Waals surface area contributed by atoms with Crippen molar-refractivity contribution >= 4 is 45.3 Å². The standard InChI is InChI=1S/C26H27N3O5S2/c1-26(2,3)34-25(33)29(13-11-18-8-9-19(31)22-23(18)36-24(32)28-22)12-10-16-4-6-17(7-5-16)20-14-27-21(15-30)35-20/h4-9,14-15,31H,10-13H2,1-3H3,(H,28,32). The fraction of sp³-hybridized carbons (Fsp3) is 0.308. The minimum atomic E-state index is -0.627. The molecule has 0 bridgehead atoms. The van der Waals surface area contributed by atoms with Crippen molar-refractivity contribution in [2.24, 2.45) is 0 Å². The van der Waals surface area contributed by atoms with Gasteiger partial charge in [-0.3, -0.25) is 9.59 Å². The van der Waals surface area contributed by atoms with E-state index < -0.39 is 11.7 Å². The fourth-order valence-corrected chi connectivity index (χ4v) is 5.36. The zero-order valence-electron chi connectivity index (χ0n) is 20.2. The smallest absolute Gasteiger partial charge is 0.410 e. The van der Waals surface area contributed by atoms with Crippen molar-refractivity contribution in [1.82, 2.24) is 14.9 Å². The number of aromatic hydroxyl groups is 1. The molecule has 0 unspecified atom stereocenters. The summed E-state index contributed by atoms with van der Waals surface area (Å²) < 4.78 is 6.33. The molecular formula is C26H27N3O5S2. The molecular weight excluding hydrogens is 498 g/mol. The largest absolute Gasteiger partial charge is 0.506 e. The Morgan fingerprint density at radius 1 is 1.11 bits per heavy atom. The highest BCUT2D eigenvalue weighted by atomic mass is 32.1. The van der Waals surface area contributed by atoms with Crippen molar-refractivity contribution in [2.75, 3.05) is 13.1 Å². The molecule has 0 spiro atoms. The summed E-state index contributed by atoms with van der Waals surface area (Å²) in [5.41, 5.74) is 2.72. The van der Waals surface area contributed by atoms with Crippen molar-refractivity contribution in [3.05, 3.63) is 68.4 Å². The van der Waals surface area contributed by atoms with Crippen LogP contribution in [0, 0.1) is 0 Å². The van der Waals surface area contributed by atoms with Gasteiger partial charge >= 0.3 is 11.0 Å². The van der Waals surface area contributed by atoms with Crippen LogP contribution < -0.4 is 4.87 Å². The van der Waals surface area contributed by atoms with Crippen LogP contribution in [0.4, 0.5) is 4.79 Å². The molecule has 0 radical (unpaired) electrons. The van der Waals surface area contributed by atoms with Gasteiger partial charge in [0.1, 0.15) is 16.9 Å². The number of nitrogens with zero attached hydrogens (tertiary/aromatic N) is 2. The van der Waals surface area contributed by atoms with E-state index in [1.54, 1.807) is 23.2 Å². The Morgan fingerprint density at radius 3 is 2.50 bits per heavy atom. The first kappa shape index (κ1) is 25.6. The number of phenolic OH excluding ortho intramolecular Hbond substituents is 1. The van der Waals surface area contributed by atoms with Crippen LogP contribution >= 0.6 is 22.7 Å². The average Bonchev–Trinajstić information content (AvgIpc) is 3.46. The van der Waals surface area contributed by atoms with Gasteiger partial charge in [0.15, 0.2) is 11.3 Å². The number of fused-ring (bicyclic) bond motifs is 1. The van der Waals surface area contributed by atoms with Crippen LogP contribution in [0.1, 0.15) is 41.7 Å². The maximum Gasteiger partial charge on any atom is 0.410 e. The van der Waals surface area contributed by atoms with Gasteiger partial charge in [-0.25, -0.2) is 9.78 Å². The van der Waals surface area contributed by atoms with E-state index in [0.29, 0.717) is 41.2 Å². The predicted octanol–water partition coefficient (Wildman–Crippen LogP) is 5.25. The Kier molecular flexibility index (Phi) is 7.56. The van der Waals surface area contributed by atoms with Crippen LogP contribution in [0.25, 0.3) is 20.7 Å². The van der Waals surface area contributed by atoms with Crippen molar-refractivity contribution in [3.63, 3.8) is 0 Å². The van der Waals surface area contributed by atoms with Crippen molar-refractivity contribution < 1.29 is 19.4 Å². The van der Waals surface area contributed by atoms with Crippen LogP contribution in [0.2, 0.25) is 0 Å². The average molecular weight is 526 g/mol. The number of aldehydes is 1. The van der Waals surface area contributed by atoms with Gasteiger partial charge in [-0.1, -0.05) is 41.7 Å². The van der Waals surface area contributed by atoms with Gasteiger partial charge in [-0.15, -0.1) is 11.3 Å². The number of amides is 1. The number of carbonyl (C=O) groups is 2. The summed E-state index contributed by atoms with van der Waals surface area (Å²) in [6.45, 7) is 6.34. The number of ether oxygens (including phenoxy) is 1. The van der Waals surface area contributed by atoms with Crippen molar-refractivity contribution in [2.45, 2.75) is 39.2 Å².